The van der Waals surface area contributed by atoms with Crippen LogP contribution in [0.2, 0.25) is 4.34 Å². The van der Waals surface area contributed by atoms with E-state index in [1.165, 1.54) is 28.8 Å². The average molecular weight is 292 g/mol. The van der Waals surface area contributed by atoms with Crippen LogP contribution in [0.4, 0.5) is 0 Å². The first-order valence-corrected chi connectivity index (χ1v) is 7.99. The number of halogens is 1. The molecular weight excluding hydrogens is 274 g/mol. The van der Waals surface area contributed by atoms with E-state index >= 15 is 0 Å². The molecule has 2 aromatic rings. The van der Waals surface area contributed by atoms with Gasteiger partial charge >= 0.3 is 0 Å². The van der Waals surface area contributed by atoms with Gasteiger partial charge in [0.25, 0.3) is 0 Å². The molecule has 1 N–H and O–H groups in total. The summed E-state index contributed by atoms with van der Waals surface area (Å²) in [4.78, 5) is 1.29. The molecular formula is C16H18ClNS. The fraction of sp³-hybridized carbons (Fsp3) is 0.375. The minimum atomic E-state index is 0.348. The van der Waals surface area contributed by atoms with Crippen molar-refractivity contribution < 1.29 is 0 Å². The molecule has 1 fully saturated rings. The third-order valence-electron chi connectivity index (χ3n) is 3.66. The summed E-state index contributed by atoms with van der Waals surface area (Å²) in [6.07, 6.45) is 2.74. The molecule has 1 unspecified atom stereocenters. The second-order valence-corrected chi connectivity index (χ2v) is 7.01. The van der Waals surface area contributed by atoms with Crippen molar-refractivity contribution in [3.8, 4) is 0 Å². The van der Waals surface area contributed by atoms with E-state index in [1.807, 2.05) is 6.07 Å². The molecule has 0 bridgehead atoms. The Morgan fingerprint density at radius 3 is 2.53 bits per heavy atom. The highest BCUT2D eigenvalue weighted by molar-refractivity contribution is 7.16. The van der Waals surface area contributed by atoms with E-state index in [-0.39, 0.29) is 0 Å². The van der Waals surface area contributed by atoms with Gasteiger partial charge < -0.3 is 5.32 Å². The Hall–Kier alpha value is -0.830. The highest BCUT2D eigenvalue weighted by atomic mass is 35.5. The Morgan fingerprint density at radius 1 is 1.21 bits per heavy atom. The SMILES string of the molecule is CC(NCc1ccc(C2CC2)cc1)c1ccc(Cl)s1. The van der Waals surface area contributed by atoms with E-state index in [2.05, 4.69) is 42.6 Å². The molecule has 100 valence electrons. The van der Waals surface area contributed by atoms with E-state index in [1.54, 1.807) is 11.3 Å². The molecule has 1 nitrogen and oxygen atoms in total. The van der Waals surface area contributed by atoms with Gasteiger partial charge in [0.05, 0.1) is 4.34 Å². The molecule has 1 aliphatic carbocycles. The Kier molecular flexibility index (Phi) is 3.92. The quantitative estimate of drug-likeness (QED) is 0.805. The standard InChI is InChI=1S/C16H18ClNS/c1-11(15-8-9-16(17)19-15)18-10-12-2-4-13(5-3-12)14-6-7-14/h2-5,8-9,11,14,18H,6-7,10H2,1H3. The van der Waals surface area contributed by atoms with Crippen molar-refractivity contribution in [3.05, 3.63) is 56.7 Å². The Bertz CT molecular complexity index is 542. The summed E-state index contributed by atoms with van der Waals surface area (Å²) in [6, 6.07) is 13.5. The zero-order chi connectivity index (χ0) is 13.2. The first-order chi connectivity index (χ1) is 9.22. The van der Waals surface area contributed by atoms with Crippen molar-refractivity contribution in [1.29, 1.82) is 0 Å². The van der Waals surface area contributed by atoms with Crippen molar-refractivity contribution in [3.63, 3.8) is 0 Å². The maximum absolute atomic E-state index is 5.97. The lowest BCUT2D eigenvalue weighted by Gasteiger charge is -2.12. The predicted molar refractivity (Wildman–Crippen MR) is 83.0 cm³/mol. The zero-order valence-corrected chi connectivity index (χ0v) is 12.6. The number of hydrogen-bond acceptors (Lipinski definition) is 2. The molecule has 1 saturated carbocycles. The summed E-state index contributed by atoms with van der Waals surface area (Å²) in [5.74, 6) is 0.842. The monoisotopic (exact) mass is 291 g/mol. The zero-order valence-electron chi connectivity index (χ0n) is 11.0. The van der Waals surface area contributed by atoms with Crippen LogP contribution in [0, 0.1) is 0 Å². The van der Waals surface area contributed by atoms with Crippen LogP contribution in [0.3, 0.4) is 0 Å². The van der Waals surface area contributed by atoms with E-state index in [9.17, 15) is 0 Å². The Labute approximate surface area is 123 Å². The van der Waals surface area contributed by atoms with Crippen molar-refractivity contribution in [2.45, 2.75) is 38.3 Å². The van der Waals surface area contributed by atoms with Gasteiger partial charge in [0.1, 0.15) is 0 Å². The summed E-state index contributed by atoms with van der Waals surface area (Å²) in [7, 11) is 0. The number of nitrogens with one attached hydrogen (secondary N) is 1. The average Bonchev–Trinajstić information content (AvgIpc) is 3.19. The lowest BCUT2D eigenvalue weighted by molar-refractivity contribution is 0.583. The van der Waals surface area contributed by atoms with Crippen LogP contribution in [-0.2, 0) is 6.54 Å². The van der Waals surface area contributed by atoms with Crippen molar-refractivity contribution >= 4 is 22.9 Å². The summed E-state index contributed by atoms with van der Waals surface area (Å²) in [5.41, 5.74) is 2.85. The van der Waals surface area contributed by atoms with E-state index in [0.29, 0.717) is 6.04 Å². The lowest BCUT2D eigenvalue weighted by atomic mass is 10.1. The van der Waals surface area contributed by atoms with Crippen molar-refractivity contribution in [1.82, 2.24) is 5.32 Å². The van der Waals surface area contributed by atoms with Gasteiger partial charge in [0.15, 0.2) is 0 Å². The van der Waals surface area contributed by atoms with Gasteiger partial charge in [-0.15, -0.1) is 11.3 Å². The largest absolute Gasteiger partial charge is 0.305 e. The van der Waals surface area contributed by atoms with Gasteiger partial charge in [0.2, 0.25) is 0 Å². The fourth-order valence-electron chi connectivity index (χ4n) is 2.26. The Morgan fingerprint density at radius 2 is 1.95 bits per heavy atom. The van der Waals surface area contributed by atoms with Gasteiger partial charge in [-0.1, -0.05) is 35.9 Å². The normalized spacial score (nSPS) is 16.5. The summed E-state index contributed by atoms with van der Waals surface area (Å²) in [6.45, 7) is 3.09. The molecule has 0 amide bonds. The summed E-state index contributed by atoms with van der Waals surface area (Å²) >= 11 is 7.61. The van der Waals surface area contributed by atoms with Crippen LogP contribution in [0.5, 0.6) is 0 Å². The molecule has 0 spiro atoms. The van der Waals surface area contributed by atoms with Crippen LogP contribution < -0.4 is 5.32 Å². The first-order valence-electron chi connectivity index (χ1n) is 6.80. The van der Waals surface area contributed by atoms with Gasteiger partial charge in [0, 0.05) is 17.5 Å². The molecule has 0 aliphatic heterocycles. The molecule has 0 radical (unpaired) electrons. The van der Waals surface area contributed by atoms with Gasteiger partial charge in [-0.25, -0.2) is 0 Å². The maximum Gasteiger partial charge on any atom is 0.0931 e. The second kappa shape index (κ2) is 5.66. The van der Waals surface area contributed by atoms with E-state index in [4.69, 9.17) is 11.6 Å². The molecule has 19 heavy (non-hydrogen) atoms. The third kappa shape index (κ3) is 3.38. The highest BCUT2D eigenvalue weighted by Gasteiger charge is 2.22. The molecule has 3 rings (SSSR count). The summed E-state index contributed by atoms with van der Waals surface area (Å²) in [5, 5.41) is 3.54. The minimum absolute atomic E-state index is 0.348. The van der Waals surface area contributed by atoms with Crippen LogP contribution >= 0.6 is 22.9 Å². The molecule has 1 aliphatic rings. The molecule has 1 heterocycles. The van der Waals surface area contributed by atoms with Crippen molar-refractivity contribution in [2.24, 2.45) is 0 Å². The number of thiophene rings is 1. The smallest absolute Gasteiger partial charge is 0.0931 e. The lowest BCUT2D eigenvalue weighted by Crippen LogP contribution is -2.17. The van der Waals surface area contributed by atoms with Gasteiger partial charge in [-0.05, 0) is 48.9 Å². The third-order valence-corrected chi connectivity index (χ3v) is 5.08. The van der Waals surface area contributed by atoms with Gasteiger partial charge in [-0.2, -0.15) is 0 Å². The minimum Gasteiger partial charge on any atom is -0.305 e. The number of rotatable bonds is 5. The van der Waals surface area contributed by atoms with Crippen LogP contribution in [0.15, 0.2) is 36.4 Å². The van der Waals surface area contributed by atoms with Crippen molar-refractivity contribution in [2.75, 3.05) is 0 Å². The molecule has 1 atom stereocenters. The molecule has 1 aromatic carbocycles. The predicted octanol–water partition coefficient (Wildman–Crippen LogP) is 5.13. The first kappa shape index (κ1) is 13.2. The highest BCUT2D eigenvalue weighted by Crippen LogP contribution is 2.39. The maximum atomic E-state index is 5.97. The van der Waals surface area contributed by atoms with E-state index < -0.39 is 0 Å². The number of benzene rings is 1. The van der Waals surface area contributed by atoms with Crippen LogP contribution in [0.1, 0.15) is 47.7 Å². The van der Waals surface area contributed by atoms with Crippen LogP contribution in [-0.4, -0.2) is 0 Å². The fourth-order valence-corrected chi connectivity index (χ4v) is 3.34. The molecule has 0 saturated heterocycles. The number of hydrogen-bond donors (Lipinski definition) is 1. The van der Waals surface area contributed by atoms with Crippen LogP contribution in [0.25, 0.3) is 0 Å². The topological polar surface area (TPSA) is 12.0 Å². The second-order valence-electron chi connectivity index (χ2n) is 5.26. The summed E-state index contributed by atoms with van der Waals surface area (Å²) < 4.78 is 0.859. The van der Waals surface area contributed by atoms with E-state index in [0.717, 1.165) is 16.8 Å². The van der Waals surface area contributed by atoms with Gasteiger partial charge in [-0.3, -0.25) is 0 Å². The Balaban J connectivity index is 1.56. The molecule has 1 aromatic heterocycles. The molecule has 3 heteroatoms.